The number of halogens is 3. The molecule has 1 aliphatic rings. The fourth-order valence-electron chi connectivity index (χ4n) is 3.30. The molecule has 1 atom stereocenters. The Morgan fingerprint density at radius 1 is 1.12 bits per heavy atom. The Morgan fingerprint density at radius 3 is 2.62 bits per heavy atom. The summed E-state index contributed by atoms with van der Waals surface area (Å²) in [5.41, 5.74) is -0.298. The molecule has 8 nitrogen and oxygen atoms in total. The van der Waals surface area contributed by atoms with Crippen molar-refractivity contribution in [3.8, 4) is 0 Å². The van der Waals surface area contributed by atoms with E-state index in [9.17, 15) is 22.8 Å². The van der Waals surface area contributed by atoms with Crippen molar-refractivity contribution in [1.82, 2.24) is 15.2 Å². The molecule has 34 heavy (non-hydrogen) atoms. The van der Waals surface area contributed by atoms with Gasteiger partial charge in [-0.15, -0.1) is 5.10 Å². The van der Waals surface area contributed by atoms with Crippen molar-refractivity contribution in [3.05, 3.63) is 65.5 Å². The molecule has 0 aliphatic carbocycles. The summed E-state index contributed by atoms with van der Waals surface area (Å²) in [4.78, 5) is 29.2. The first-order valence-electron chi connectivity index (χ1n) is 10.3. The number of aromatic amines is 1. The third kappa shape index (κ3) is 6.14. The van der Waals surface area contributed by atoms with Gasteiger partial charge in [0.25, 0.3) is 5.91 Å². The molecule has 3 aromatic rings. The smallest absolute Gasteiger partial charge is 0.370 e. The Morgan fingerprint density at radius 2 is 1.88 bits per heavy atom. The zero-order chi connectivity index (χ0) is 24.1. The van der Waals surface area contributed by atoms with Crippen LogP contribution in [0.1, 0.15) is 40.7 Å². The molecular formula is C22H20F3N5O3S. The fraction of sp³-hybridized carbons (Fsp3) is 0.273. The van der Waals surface area contributed by atoms with Gasteiger partial charge in [0.2, 0.25) is 11.1 Å². The first-order valence-corrected chi connectivity index (χ1v) is 11.3. The summed E-state index contributed by atoms with van der Waals surface area (Å²) >= 11 is 1.15. The number of rotatable bonds is 7. The Bertz CT molecular complexity index is 1180. The number of H-pyrrole nitrogens is 1. The highest BCUT2D eigenvalue weighted by molar-refractivity contribution is 7.99. The maximum absolute atomic E-state index is 12.9. The number of nitrogens with zero attached hydrogens (tertiary/aromatic N) is 2. The van der Waals surface area contributed by atoms with Gasteiger partial charge in [-0.3, -0.25) is 14.7 Å². The quantitative estimate of drug-likeness (QED) is 0.415. The van der Waals surface area contributed by atoms with E-state index in [-0.39, 0.29) is 29.0 Å². The molecule has 1 aromatic heterocycles. The van der Waals surface area contributed by atoms with Crippen molar-refractivity contribution >= 4 is 35.0 Å². The van der Waals surface area contributed by atoms with Crippen LogP contribution in [0.15, 0.2) is 53.7 Å². The number of aromatic nitrogens is 3. The largest absolute Gasteiger partial charge is 0.416 e. The normalized spacial score (nSPS) is 15.8. The van der Waals surface area contributed by atoms with Gasteiger partial charge in [0.05, 0.1) is 11.3 Å². The first-order chi connectivity index (χ1) is 16.3. The molecule has 0 radical (unpaired) electrons. The van der Waals surface area contributed by atoms with Gasteiger partial charge in [-0.25, -0.2) is 4.98 Å². The monoisotopic (exact) mass is 491 g/mol. The molecule has 1 aliphatic heterocycles. The molecule has 178 valence electrons. The number of alkyl halides is 3. The molecule has 0 saturated carbocycles. The predicted octanol–water partition coefficient (Wildman–Crippen LogP) is 4.66. The molecule has 12 heteroatoms. The average molecular weight is 491 g/mol. The van der Waals surface area contributed by atoms with E-state index in [4.69, 9.17) is 4.74 Å². The highest BCUT2D eigenvalue weighted by Gasteiger charge is 2.30. The van der Waals surface area contributed by atoms with Crippen LogP contribution in [0.25, 0.3) is 0 Å². The van der Waals surface area contributed by atoms with Gasteiger partial charge in [0, 0.05) is 23.5 Å². The Labute approximate surface area is 196 Å². The van der Waals surface area contributed by atoms with Gasteiger partial charge >= 0.3 is 6.18 Å². The van der Waals surface area contributed by atoms with Crippen molar-refractivity contribution in [1.29, 1.82) is 0 Å². The summed E-state index contributed by atoms with van der Waals surface area (Å²) < 4.78 is 44.2. The van der Waals surface area contributed by atoms with Crippen molar-refractivity contribution < 1.29 is 27.5 Å². The highest BCUT2D eigenvalue weighted by Crippen LogP contribution is 2.31. The number of anilines is 2. The summed E-state index contributed by atoms with van der Waals surface area (Å²) in [5, 5.41) is 12.5. The van der Waals surface area contributed by atoms with Crippen LogP contribution in [0, 0.1) is 0 Å². The van der Waals surface area contributed by atoms with Crippen LogP contribution in [-0.4, -0.2) is 39.4 Å². The molecule has 3 N–H and O–H groups in total. The van der Waals surface area contributed by atoms with Gasteiger partial charge in [-0.1, -0.05) is 23.9 Å². The Kier molecular flexibility index (Phi) is 7.17. The number of carbonyl (C=O) groups excluding carboxylic acids is 2. The minimum Gasteiger partial charge on any atom is -0.370 e. The van der Waals surface area contributed by atoms with Gasteiger partial charge < -0.3 is 15.4 Å². The summed E-state index contributed by atoms with van der Waals surface area (Å²) in [6.07, 6.45) is -2.77. The summed E-state index contributed by atoms with van der Waals surface area (Å²) in [7, 11) is 0. The number of nitrogens with one attached hydrogen (secondary N) is 3. The molecule has 2 amide bonds. The Hall–Kier alpha value is -3.38. The van der Waals surface area contributed by atoms with Crippen LogP contribution in [0.2, 0.25) is 0 Å². The van der Waals surface area contributed by atoms with Gasteiger partial charge in [0.15, 0.2) is 5.82 Å². The van der Waals surface area contributed by atoms with E-state index in [1.54, 1.807) is 12.1 Å². The molecule has 1 saturated heterocycles. The minimum absolute atomic E-state index is 0.0135. The maximum atomic E-state index is 12.9. The third-order valence-electron chi connectivity index (χ3n) is 4.91. The highest BCUT2D eigenvalue weighted by atomic mass is 32.2. The number of hydrogen-bond acceptors (Lipinski definition) is 6. The summed E-state index contributed by atoms with van der Waals surface area (Å²) in [6.45, 7) is 0.688. The van der Waals surface area contributed by atoms with Crippen molar-refractivity contribution in [2.24, 2.45) is 0 Å². The van der Waals surface area contributed by atoms with Gasteiger partial charge in [0.1, 0.15) is 6.10 Å². The molecule has 0 bridgehead atoms. The van der Waals surface area contributed by atoms with Crippen LogP contribution in [0.5, 0.6) is 0 Å². The van der Waals surface area contributed by atoms with Crippen molar-refractivity contribution in [2.75, 3.05) is 23.0 Å². The van der Waals surface area contributed by atoms with Crippen LogP contribution < -0.4 is 10.6 Å². The van der Waals surface area contributed by atoms with Crippen LogP contribution >= 0.6 is 11.8 Å². The van der Waals surface area contributed by atoms with Crippen molar-refractivity contribution in [3.63, 3.8) is 0 Å². The van der Waals surface area contributed by atoms with E-state index in [1.807, 2.05) is 0 Å². The topological polar surface area (TPSA) is 109 Å². The minimum atomic E-state index is -4.51. The molecule has 1 fully saturated rings. The van der Waals surface area contributed by atoms with E-state index >= 15 is 0 Å². The fourth-order valence-corrected chi connectivity index (χ4v) is 3.91. The number of amides is 2. The lowest BCUT2D eigenvalue weighted by Gasteiger charge is -2.11. The number of benzene rings is 2. The van der Waals surface area contributed by atoms with E-state index in [1.165, 1.54) is 24.3 Å². The second kappa shape index (κ2) is 10.3. The van der Waals surface area contributed by atoms with Crippen LogP contribution in [0.3, 0.4) is 0 Å². The van der Waals surface area contributed by atoms with Crippen LogP contribution in [0.4, 0.5) is 24.5 Å². The number of thioether (sulfide) groups is 1. The van der Waals surface area contributed by atoms with Crippen molar-refractivity contribution in [2.45, 2.75) is 30.3 Å². The molecule has 0 unspecified atom stereocenters. The second-order valence-electron chi connectivity index (χ2n) is 7.46. The zero-order valence-electron chi connectivity index (χ0n) is 17.7. The number of hydrogen-bond donors (Lipinski definition) is 3. The molecule has 4 rings (SSSR count). The van der Waals surface area contributed by atoms with E-state index in [0.29, 0.717) is 23.3 Å². The van der Waals surface area contributed by atoms with E-state index in [2.05, 4.69) is 25.8 Å². The standard InChI is InChI=1S/C22H20F3N5O3S/c23-22(24,25)14-5-2-7-16(11-14)27-20(32)13-4-1-6-15(10-13)26-18(31)12-34-21-28-19(29-30-21)17-8-3-9-33-17/h1-2,4-7,10-11,17H,3,8-9,12H2,(H,26,31)(H,27,32)(H,28,29,30)/t17-/m0/s1. The summed E-state index contributed by atoms with van der Waals surface area (Å²) in [6, 6.07) is 10.5. The van der Waals surface area contributed by atoms with E-state index in [0.717, 1.165) is 36.7 Å². The molecule has 0 spiro atoms. The SMILES string of the molecule is O=C(CSc1n[nH]c([C@@H]2CCCO2)n1)Nc1cccc(C(=O)Nc2cccc(C(F)(F)F)c2)c1. The number of ether oxygens (including phenoxy) is 1. The molecule has 2 aromatic carbocycles. The molecular weight excluding hydrogens is 471 g/mol. The maximum Gasteiger partial charge on any atom is 0.416 e. The average Bonchev–Trinajstić information content (AvgIpc) is 3.49. The lowest BCUT2D eigenvalue weighted by atomic mass is 10.1. The van der Waals surface area contributed by atoms with Crippen LogP contribution in [-0.2, 0) is 15.7 Å². The van der Waals surface area contributed by atoms with Gasteiger partial charge in [-0.2, -0.15) is 13.2 Å². The van der Waals surface area contributed by atoms with Gasteiger partial charge in [-0.05, 0) is 49.2 Å². The zero-order valence-corrected chi connectivity index (χ0v) is 18.5. The number of carbonyl (C=O) groups is 2. The first kappa shape index (κ1) is 23.8. The lowest BCUT2D eigenvalue weighted by molar-refractivity contribution is -0.137. The lowest BCUT2D eigenvalue weighted by Crippen LogP contribution is -2.16. The second-order valence-corrected chi connectivity index (χ2v) is 8.40. The summed E-state index contributed by atoms with van der Waals surface area (Å²) in [5.74, 6) is -0.250. The van der Waals surface area contributed by atoms with E-state index < -0.39 is 17.6 Å². The molecule has 2 heterocycles. The predicted molar refractivity (Wildman–Crippen MR) is 120 cm³/mol. The third-order valence-corrected chi connectivity index (χ3v) is 5.75. The Balaban J connectivity index is 1.32.